The van der Waals surface area contributed by atoms with Crippen LogP contribution in [0.5, 0.6) is 0 Å². The van der Waals surface area contributed by atoms with E-state index >= 15 is 0 Å². The first-order valence-electron chi connectivity index (χ1n) is 10.6. The summed E-state index contributed by atoms with van der Waals surface area (Å²) in [7, 11) is 0. The maximum Gasteiger partial charge on any atom is 0.416 e. The van der Waals surface area contributed by atoms with Crippen molar-refractivity contribution in [3.63, 3.8) is 0 Å². The molecule has 1 aliphatic rings. The van der Waals surface area contributed by atoms with Gasteiger partial charge in [0.25, 0.3) is 0 Å². The average Bonchev–Trinajstić information content (AvgIpc) is 2.80. The van der Waals surface area contributed by atoms with E-state index in [1.807, 2.05) is 24.3 Å². The molecule has 0 saturated heterocycles. The normalized spacial score (nSPS) is 18.7. The van der Waals surface area contributed by atoms with E-state index in [1.54, 1.807) is 6.20 Å². The number of benzene rings is 2. The molecule has 33 heavy (non-hydrogen) atoms. The van der Waals surface area contributed by atoms with Crippen LogP contribution in [-0.4, -0.2) is 10.9 Å². The lowest BCUT2D eigenvalue weighted by Gasteiger charge is -2.29. The van der Waals surface area contributed by atoms with Crippen molar-refractivity contribution in [2.24, 2.45) is 5.92 Å². The quantitative estimate of drug-likeness (QED) is 0.428. The van der Waals surface area contributed by atoms with Gasteiger partial charge in [-0.05, 0) is 60.6 Å². The van der Waals surface area contributed by atoms with Crippen molar-refractivity contribution in [1.82, 2.24) is 4.98 Å². The molecule has 2 aromatic carbocycles. The Hall–Kier alpha value is -3.29. The number of alkyl halides is 3. The lowest BCUT2D eigenvalue weighted by atomic mass is 9.77. The third kappa shape index (κ3) is 5.38. The molecule has 1 heterocycles. The van der Waals surface area contributed by atoms with Crippen LogP contribution in [-0.2, 0) is 11.0 Å². The van der Waals surface area contributed by atoms with E-state index < -0.39 is 29.3 Å². The van der Waals surface area contributed by atoms with Crippen LogP contribution >= 0.6 is 0 Å². The molecule has 2 atom stereocenters. The number of hydrogen-bond acceptors (Lipinski definition) is 2. The molecule has 0 spiro atoms. The fourth-order valence-electron chi connectivity index (χ4n) is 4.28. The largest absolute Gasteiger partial charge is 0.416 e. The zero-order valence-corrected chi connectivity index (χ0v) is 17.5. The molecule has 2 unspecified atom stereocenters. The van der Waals surface area contributed by atoms with Gasteiger partial charge in [0.2, 0.25) is 5.91 Å². The summed E-state index contributed by atoms with van der Waals surface area (Å²) in [6.45, 7) is 0. The van der Waals surface area contributed by atoms with Crippen molar-refractivity contribution in [3.05, 3.63) is 83.7 Å². The molecule has 1 fully saturated rings. The monoisotopic (exact) mass is 460 g/mol. The zero-order chi connectivity index (χ0) is 23.6. The van der Waals surface area contributed by atoms with Crippen LogP contribution < -0.4 is 5.32 Å². The van der Waals surface area contributed by atoms with E-state index in [1.165, 1.54) is 6.07 Å². The summed E-state index contributed by atoms with van der Waals surface area (Å²) in [4.78, 5) is 16.6. The predicted molar refractivity (Wildman–Crippen MR) is 114 cm³/mol. The number of carbonyl (C=O) groups is 1. The van der Waals surface area contributed by atoms with Gasteiger partial charge in [-0.1, -0.05) is 30.7 Å². The molecule has 0 aliphatic heterocycles. The number of anilines is 1. The van der Waals surface area contributed by atoms with E-state index in [0.29, 0.717) is 24.5 Å². The van der Waals surface area contributed by atoms with Gasteiger partial charge >= 0.3 is 6.18 Å². The predicted octanol–water partition coefficient (Wildman–Crippen LogP) is 6.96. The molecular weight excluding hydrogens is 439 g/mol. The smallest absolute Gasteiger partial charge is 0.323 e. The van der Waals surface area contributed by atoms with Crippen LogP contribution in [0.25, 0.3) is 11.1 Å². The highest BCUT2D eigenvalue weighted by Crippen LogP contribution is 2.38. The number of halogens is 5. The molecule has 3 aromatic rings. The lowest BCUT2D eigenvalue weighted by molar-refractivity contribution is -0.137. The molecule has 172 valence electrons. The van der Waals surface area contributed by atoms with Crippen LogP contribution in [0.4, 0.5) is 27.6 Å². The minimum Gasteiger partial charge on any atom is -0.323 e. The summed E-state index contributed by atoms with van der Waals surface area (Å²) < 4.78 is 65.7. The Morgan fingerprint density at radius 2 is 1.70 bits per heavy atom. The number of hydrogen-bond donors (Lipinski definition) is 1. The lowest BCUT2D eigenvalue weighted by Crippen LogP contribution is -2.28. The van der Waals surface area contributed by atoms with Crippen LogP contribution in [0.2, 0.25) is 0 Å². The Labute approximate surface area is 187 Å². The summed E-state index contributed by atoms with van der Waals surface area (Å²) >= 11 is 0. The molecule has 3 nitrogen and oxygen atoms in total. The van der Waals surface area contributed by atoms with Crippen molar-refractivity contribution in [2.45, 2.75) is 37.8 Å². The van der Waals surface area contributed by atoms with E-state index in [0.717, 1.165) is 42.3 Å². The van der Waals surface area contributed by atoms with Gasteiger partial charge in [0.1, 0.15) is 11.6 Å². The molecule has 0 bridgehead atoms. The molecule has 1 saturated carbocycles. The average molecular weight is 460 g/mol. The molecule has 1 aliphatic carbocycles. The second-order valence-electron chi connectivity index (χ2n) is 8.26. The molecule has 8 heteroatoms. The first-order valence-corrected chi connectivity index (χ1v) is 10.6. The van der Waals surface area contributed by atoms with E-state index in [9.17, 15) is 26.7 Å². The third-order valence-corrected chi connectivity index (χ3v) is 6.02. The number of amides is 1. The Balaban J connectivity index is 1.42. The Bertz CT molecular complexity index is 1140. The van der Waals surface area contributed by atoms with Gasteiger partial charge in [-0.25, -0.2) is 8.78 Å². The van der Waals surface area contributed by atoms with Gasteiger partial charge in [-0.2, -0.15) is 13.2 Å². The fraction of sp³-hybridized carbons (Fsp3) is 0.280. The maximum atomic E-state index is 14.1. The number of nitrogens with zero attached hydrogens (tertiary/aromatic N) is 1. The Kier molecular flexibility index (Phi) is 6.44. The second kappa shape index (κ2) is 9.29. The van der Waals surface area contributed by atoms with Crippen molar-refractivity contribution < 1.29 is 26.7 Å². The molecule has 1 N–H and O–H groups in total. The Morgan fingerprint density at radius 1 is 0.939 bits per heavy atom. The molecule has 1 amide bonds. The standard InChI is InChI=1S/C25H21F5N2O/c26-21-11-19(13-31-14-21)16-6-4-15(5-7-16)17-2-1-3-18(10-17)24(33)32-23-9-8-20(12-22(23)27)25(28,29)30/h4-9,11-14,17-18H,1-3,10H2,(H,32,33). The van der Waals surface area contributed by atoms with Crippen molar-refractivity contribution in [1.29, 1.82) is 0 Å². The van der Waals surface area contributed by atoms with Gasteiger partial charge in [0.05, 0.1) is 17.4 Å². The minimum atomic E-state index is -4.65. The van der Waals surface area contributed by atoms with Gasteiger partial charge in [-0.3, -0.25) is 9.78 Å². The molecular formula is C25H21F5N2O. The maximum absolute atomic E-state index is 14.1. The minimum absolute atomic E-state index is 0.117. The van der Waals surface area contributed by atoms with Gasteiger partial charge in [0, 0.05) is 17.7 Å². The van der Waals surface area contributed by atoms with Crippen molar-refractivity contribution >= 4 is 11.6 Å². The number of nitrogens with one attached hydrogen (secondary N) is 1. The van der Waals surface area contributed by atoms with E-state index in [4.69, 9.17) is 0 Å². The summed E-state index contributed by atoms with van der Waals surface area (Å²) in [5, 5.41) is 2.44. The topological polar surface area (TPSA) is 42.0 Å². The highest BCUT2D eigenvalue weighted by Gasteiger charge is 2.32. The third-order valence-electron chi connectivity index (χ3n) is 6.02. The van der Waals surface area contributed by atoms with Crippen LogP contribution in [0.15, 0.2) is 60.9 Å². The fourth-order valence-corrected chi connectivity index (χ4v) is 4.28. The van der Waals surface area contributed by atoms with Gasteiger partial charge in [0.15, 0.2) is 0 Å². The number of rotatable bonds is 4. The van der Waals surface area contributed by atoms with Crippen molar-refractivity contribution in [3.8, 4) is 11.1 Å². The van der Waals surface area contributed by atoms with E-state index in [-0.39, 0.29) is 17.5 Å². The number of carbonyl (C=O) groups excluding carboxylic acids is 1. The van der Waals surface area contributed by atoms with Crippen LogP contribution in [0, 0.1) is 17.6 Å². The zero-order valence-electron chi connectivity index (χ0n) is 17.5. The second-order valence-corrected chi connectivity index (χ2v) is 8.26. The Morgan fingerprint density at radius 3 is 2.36 bits per heavy atom. The summed E-state index contributed by atoms with van der Waals surface area (Å²) in [6, 6.07) is 11.1. The highest BCUT2D eigenvalue weighted by molar-refractivity contribution is 5.92. The van der Waals surface area contributed by atoms with E-state index in [2.05, 4.69) is 10.3 Å². The first kappa shape index (κ1) is 22.9. The number of pyridine rings is 1. The molecule has 0 radical (unpaired) electrons. The van der Waals surface area contributed by atoms with Crippen LogP contribution in [0.3, 0.4) is 0 Å². The van der Waals surface area contributed by atoms with Crippen molar-refractivity contribution in [2.75, 3.05) is 5.32 Å². The van der Waals surface area contributed by atoms with Gasteiger partial charge in [-0.15, -0.1) is 0 Å². The molecule has 4 rings (SSSR count). The van der Waals surface area contributed by atoms with Crippen LogP contribution in [0.1, 0.15) is 42.7 Å². The highest BCUT2D eigenvalue weighted by atomic mass is 19.4. The summed E-state index contributed by atoms with van der Waals surface area (Å²) in [5.41, 5.74) is 1.17. The summed E-state index contributed by atoms with van der Waals surface area (Å²) in [5.74, 6) is -2.19. The van der Waals surface area contributed by atoms with Gasteiger partial charge < -0.3 is 5.32 Å². The molecule has 1 aromatic heterocycles. The summed E-state index contributed by atoms with van der Waals surface area (Å²) in [6.07, 6.45) is 0.932. The SMILES string of the molecule is O=C(Nc1ccc(C(F)(F)F)cc1F)C1CCCC(c2ccc(-c3cncc(F)c3)cc2)C1. The number of aromatic nitrogens is 1. The first-order chi connectivity index (χ1) is 15.7.